The van der Waals surface area contributed by atoms with Crippen LogP contribution in [0.25, 0.3) is 0 Å². The van der Waals surface area contributed by atoms with Crippen LogP contribution in [-0.2, 0) is 24.1 Å². The van der Waals surface area contributed by atoms with Crippen molar-refractivity contribution in [3.8, 4) is 11.5 Å². The van der Waals surface area contributed by atoms with Gasteiger partial charge in [-0.05, 0) is 35.6 Å². The molecule has 1 heterocycles. The van der Waals surface area contributed by atoms with E-state index in [4.69, 9.17) is 9.47 Å². The SMILES string of the molecule is COc1ccc2c(c1)OC[C@@H](Cc1ccc(CC(=O)N(C)C)cc1)C2. The van der Waals surface area contributed by atoms with Crippen molar-refractivity contribution in [2.45, 2.75) is 19.3 Å². The third-order valence-electron chi connectivity index (χ3n) is 4.66. The third kappa shape index (κ3) is 4.32. The number of fused-ring (bicyclic) bond motifs is 1. The molecule has 2 aromatic carbocycles. The summed E-state index contributed by atoms with van der Waals surface area (Å²) in [4.78, 5) is 13.4. The quantitative estimate of drug-likeness (QED) is 0.840. The highest BCUT2D eigenvalue weighted by atomic mass is 16.5. The number of hydrogen-bond acceptors (Lipinski definition) is 3. The number of benzene rings is 2. The minimum atomic E-state index is 0.125. The van der Waals surface area contributed by atoms with Crippen LogP contribution in [0.4, 0.5) is 0 Å². The number of carbonyl (C=O) groups excluding carboxylic acids is 1. The molecular weight excluding hydrogens is 314 g/mol. The molecule has 1 amide bonds. The maximum atomic E-state index is 11.8. The van der Waals surface area contributed by atoms with Gasteiger partial charge in [0.15, 0.2) is 0 Å². The van der Waals surface area contributed by atoms with Crippen molar-refractivity contribution in [1.29, 1.82) is 0 Å². The Bertz CT molecular complexity index is 737. The lowest BCUT2D eigenvalue weighted by Crippen LogP contribution is -2.23. The van der Waals surface area contributed by atoms with Crippen molar-refractivity contribution in [1.82, 2.24) is 4.90 Å². The Kier molecular flexibility index (Phi) is 5.27. The van der Waals surface area contributed by atoms with Crippen LogP contribution in [0.3, 0.4) is 0 Å². The predicted octanol–water partition coefficient (Wildman–Crippen LogP) is 3.12. The van der Waals surface area contributed by atoms with Gasteiger partial charge in [0.25, 0.3) is 0 Å². The molecule has 1 aliphatic rings. The normalized spacial score (nSPS) is 15.9. The Morgan fingerprint density at radius 1 is 1.16 bits per heavy atom. The summed E-state index contributed by atoms with van der Waals surface area (Å²) in [6.45, 7) is 0.723. The van der Waals surface area contributed by atoms with Crippen LogP contribution in [-0.4, -0.2) is 38.6 Å². The highest BCUT2D eigenvalue weighted by Gasteiger charge is 2.20. The van der Waals surface area contributed by atoms with Crippen LogP contribution >= 0.6 is 0 Å². The highest BCUT2D eigenvalue weighted by Crippen LogP contribution is 2.32. The zero-order valence-electron chi connectivity index (χ0n) is 15.1. The van der Waals surface area contributed by atoms with Crippen LogP contribution in [0.2, 0.25) is 0 Å². The summed E-state index contributed by atoms with van der Waals surface area (Å²) in [6, 6.07) is 14.4. The van der Waals surface area contributed by atoms with Gasteiger partial charge < -0.3 is 14.4 Å². The van der Waals surface area contributed by atoms with Crippen LogP contribution in [0.1, 0.15) is 16.7 Å². The standard InChI is InChI=1S/C21H25NO3/c1-22(2)21(23)12-16-6-4-15(5-7-16)10-17-11-18-8-9-19(24-3)13-20(18)25-14-17/h4-9,13,17H,10-12,14H2,1-3H3/t17-/m0/s1. The summed E-state index contributed by atoms with van der Waals surface area (Å²) < 4.78 is 11.2. The van der Waals surface area contributed by atoms with Gasteiger partial charge in [-0.1, -0.05) is 30.3 Å². The van der Waals surface area contributed by atoms with E-state index in [1.54, 1.807) is 26.1 Å². The second kappa shape index (κ2) is 7.60. The first kappa shape index (κ1) is 17.3. The van der Waals surface area contributed by atoms with Crippen LogP contribution in [0.5, 0.6) is 11.5 Å². The molecule has 132 valence electrons. The van der Waals surface area contributed by atoms with Crippen molar-refractivity contribution in [3.63, 3.8) is 0 Å². The number of rotatable bonds is 5. The number of methoxy groups -OCH3 is 1. The fraction of sp³-hybridized carbons (Fsp3) is 0.381. The van der Waals surface area contributed by atoms with Gasteiger partial charge in [0.2, 0.25) is 5.91 Å². The van der Waals surface area contributed by atoms with Gasteiger partial charge in [0.1, 0.15) is 11.5 Å². The maximum absolute atomic E-state index is 11.8. The van der Waals surface area contributed by atoms with E-state index in [0.717, 1.165) is 36.5 Å². The lowest BCUT2D eigenvalue weighted by molar-refractivity contribution is -0.127. The summed E-state index contributed by atoms with van der Waals surface area (Å²) in [5, 5.41) is 0. The third-order valence-corrected chi connectivity index (χ3v) is 4.66. The number of carbonyl (C=O) groups is 1. The first-order chi connectivity index (χ1) is 12.0. The van der Waals surface area contributed by atoms with Crippen molar-refractivity contribution in [2.24, 2.45) is 5.92 Å². The van der Waals surface area contributed by atoms with Crippen LogP contribution in [0, 0.1) is 5.92 Å². The number of nitrogens with zero attached hydrogens (tertiary/aromatic N) is 1. The molecule has 3 rings (SSSR count). The van der Waals surface area contributed by atoms with Gasteiger partial charge in [-0.15, -0.1) is 0 Å². The van der Waals surface area contributed by atoms with Gasteiger partial charge in [-0.2, -0.15) is 0 Å². The van der Waals surface area contributed by atoms with E-state index < -0.39 is 0 Å². The summed E-state index contributed by atoms with van der Waals surface area (Å²) in [5.74, 6) is 2.36. The monoisotopic (exact) mass is 339 g/mol. The second-order valence-electron chi connectivity index (χ2n) is 6.84. The van der Waals surface area contributed by atoms with Gasteiger partial charge >= 0.3 is 0 Å². The van der Waals surface area contributed by atoms with E-state index in [0.29, 0.717) is 12.3 Å². The molecule has 2 aromatic rings. The summed E-state index contributed by atoms with van der Waals surface area (Å²) in [5.41, 5.74) is 3.58. The maximum Gasteiger partial charge on any atom is 0.226 e. The topological polar surface area (TPSA) is 38.8 Å². The zero-order chi connectivity index (χ0) is 17.8. The van der Waals surface area contributed by atoms with Gasteiger partial charge in [0.05, 0.1) is 20.1 Å². The molecule has 0 spiro atoms. The minimum absolute atomic E-state index is 0.125. The van der Waals surface area contributed by atoms with E-state index in [9.17, 15) is 4.79 Å². The molecule has 0 aromatic heterocycles. The van der Waals surface area contributed by atoms with E-state index >= 15 is 0 Å². The molecule has 0 aliphatic carbocycles. The van der Waals surface area contributed by atoms with Crippen molar-refractivity contribution >= 4 is 5.91 Å². The van der Waals surface area contributed by atoms with Crippen molar-refractivity contribution in [2.75, 3.05) is 27.8 Å². The lowest BCUT2D eigenvalue weighted by Gasteiger charge is -2.25. The molecule has 0 unspecified atom stereocenters. The molecule has 1 atom stereocenters. The number of likely N-dealkylation sites (N-methyl/N-ethyl adjacent to an activating group) is 1. The Morgan fingerprint density at radius 3 is 2.56 bits per heavy atom. The van der Waals surface area contributed by atoms with E-state index in [1.165, 1.54) is 11.1 Å². The van der Waals surface area contributed by atoms with E-state index in [-0.39, 0.29) is 5.91 Å². The first-order valence-corrected chi connectivity index (χ1v) is 8.63. The highest BCUT2D eigenvalue weighted by molar-refractivity contribution is 5.78. The Balaban J connectivity index is 1.60. The minimum Gasteiger partial charge on any atom is -0.497 e. The van der Waals surface area contributed by atoms with Crippen molar-refractivity contribution in [3.05, 3.63) is 59.2 Å². The van der Waals surface area contributed by atoms with Crippen LogP contribution in [0.15, 0.2) is 42.5 Å². The van der Waals surface area contributed by atoms with E-state index in [2.05, 4.69) is 30.3 Å². The number of ether oxygens (including phenoxy) is 2. The first-order valence-electron chi connectivity index (χ1n) is 8.63. The van der Waals surface area contributed by atoms with Crippen molar-refractivity contribution < 1.29 is 14.3 Å². The summed E-state index contributed by atoms with van der Waals surface area (Å²) in [7, 11) is 5.24. The molecule has 0 saturated heterocycles. The molecule has 0 N–H and O–H groups in total. The van der Waals surface area contributed by atoms with Crippen LogP contribution < -0.4 is 9.47 Å². The van der Waals surface area contributed by atoms with Gasteiger partial charge in [0, 0.05) is 26.1 Å². The molecule has 1 aliphatic heterocycles. The Hall–Kier alpha value is -2.49. The fourth-order valence-corrected chi connectivity index (χ4v) is 3.13. The van der Waals surface area contributed by atoms with Gasteiger partial charge in [-0.3, -0.25) is 4.79 Å². The van der Waals surface area contributed by atoms with E-state index in [1.807, 2.05) is 12.1 Å². The number of amides is 1. The molecule has 4 heteroatoms. The largest absolute Gasteiger partial charge is 0.497 e. The molecular formula is C21H25NO3. The smallest absolute Gasteiger partial charge is 0.226 e. The Labute approximate surface area is 149 Å². The van der Waals surface area contributed by atoms with Gasteiger partial charge in [-0.25, -0.2) is 0 Å². The predicted molar refractivity (Wildman–Crippen MR) is 98.2 cm³/mol. The fourth-order valence-electron chi connectivity index (χ4n) is 3.13. The molecule has 0 saturated carbocycles. The summed E-state index contributed by atoms with van der Waals surface area (Å²) >= 11 is 0. The molecule has 0 bridgehead atoms. The Morgan fingerprint density at radius 2 is 1.88 bits per heavy atom. The number of hydrogen-bond donors (Lipinski definition) is 0. The molecule has 4 nitrogen and oxygen atoms in total. The molecule has 25 heavy (non-hydrogen) atoms. The summed E-state index contributed by atoms with van der Waals surface area (Å²) in [6.07, 6.45) is 2.45. The zero-order valence-corrected chi connectivity index (χ0v) is 15.1. The lowest BCUT2D eigenvalue weighted by atomic mass is 9.90. The second-order valence-corrected chi connectivity index (χ2v) is 6.84. The molecule has 0 fully saturated rings. The molecule has 0 radical (unpaired) electrons. The average molecular weight is 339 g/mol. The average Bonchev–Trinajstić information content (AvgIpc) is 2.62.